The van der Waals surface area contributed by atoms with Crippen molar-refractivity contribution >= 4 is 46.1 Å². The van der Waals surface area contributed by atoms with Gasteiger partial charge in [0, 0.05) is 48.1 Å². The van der Waals surface area contributed by atoms with Gasteiger partial charge in [-0.05, 0) is 63.5 Å². The largest absolute Gasteiger partial charge is 0.462 e. The molecule has 41 heavy (non-hydrogen) atoms. The van der Waals surface area contributed by atoms with Crippen LogP contribution in [0.2, 0.25) is 0 Å². The Morgan fingerprint density at radius 2 is 1.76 bits per heavy atom. The van der Waals surface area contributed by atoms with Crippen molar-refractivity contribution in [1.82, 2.24) is 4.90 Å². The number of benzene rings is 3. The van der Waals surface area contributed by atoms with Gasteiger partial charge >= 0.3 is 5.97 Å². The molecule has 2 aliphatic rings. The van der Waals surface area contributed by atoms with Crippen LogP contribution in [0.4, 0.5) is 17.1 Å². The Bertz CT molecular complexity index is 1530. The normalized spacial score (nSPS) is 14.6. The van der Waals surface area contributed by atoms with Gasteiger partial charge in [0.25, 0.3) is 5.91 Å². The van der Waals surface area contributed by atoms with Crippen molar-refractivity contribution in [1.29, 1.82) is 0 Å². The second kappa shape index (κ2) is 11.8. The Kier molecular flexibility index (Phi) is 8.04. The van der Waals surface area contributed by atoms with Gasteiger partial charge in [0.1, 0.15) is 6.61 Å². The molecule has 0 unspecified atom stereocenters. The highest BCUT2D eigenvalue weighted by Crippen LogP contribution is 2.40. The molecule has 0 radical (unpaired) electrons. The Balaban J connectivity index is 1.50. The molecule has 0 saturated heterocycles. The first-order valence-corrected chi connectivity index (χ1v) is 13.3. The zero-order valence-corrected chi connectivity index (χ0v) is 23.4. The van der Waals surface area contributed by atoms with Crippen LogP contribution in [0.5, 0.6) is 5.75 Å². The first-order valence-electron chi connectivity index (χ1n) is 13.3. The van der Waals surface area contributed by atoms with Gasteiger partial charge in [0.15, 0.2) is 5.75 Å². The third-order valence-corrected chi connectivity index (χ3v) is 6.92. The number of carbonyl (C=O) groups is 3. The van der Waals surface area contributed by atoms with Gasteiger partial charge in [0.05, 0.1) is 29.1 Å². The number of hydrogen-bond acceptors (Lipinski definition) is 8. The molecule has 0 saturated carbocycles. The van der Waals surface area contributed by atoms with E-state index in [1.54, 1.807) is 37.1 Å². The Morgan fingerprint density at radius 1 is 1.00 bits per heavy atom. The summed E-state index contributed by atoms with van der Waals surface area (Å²) in [6.07, 6.45) is 0.413. The molecule has 2 amide bonds. The van der Waals surface area contributed by atoms with Crippen LogP contribution in [-0.4, -0.2) is 57.0 Å². The highest BCUT2D eigenvalue weighted by atomic mass is 17.2. The molecule has 2 aliphatic heterocycles. The molecule has 0 atom stereocenters. The molecule has 212 valence electrons. The lowest BCUT2D eigenvalue weighted by Gasteiger charge is -2.20. The monoisotopic (exact) mass is 556 g/mol. The zero-order valence-electron chi connectivity index (χ0n) is 23.4. The number of nitrogens with zero attached hydrogens (tertiary/aromatic N) is 2. The van der Waals surface area contributed by atoms with Crippen LogP contribution in [0.25, 0.3) is 11.3 Å². The summed E-state index contributed by atoms with van der Waals surface area (Å²) in [6, 6.07) is 18.0. The first kappa shape index (κ1) is 27.9. The number of rotatable bonds is 9. The Hall–Kier alpha value is -4.67. The molecule has 3 aromatic carbocycles. The van der Waals surface area contributed by atoms with E-state index in [4.69, 9.17) is 14.5 Å². The fourth-order valence-corrected chi connectivity index (χ4v) is 4.65. The minimum atomic E-state index is -0.457. The summed E-state index contributed by atoms with van der Waals surface area (Å²) in [5.41, 5.74) is 5.56. The molecule has 0 aliphatic carbocycles. The van der Waals surface area contributed by atoms with E-state index in [1.165, 1.54) is 0 Å². The summed E-state index contributed by atoms with van der Waals surface area (Å²) in [5, 5.41) is 6.29. The Morgan fingerprint density at radius 3 is 2.49 bits per heavy atom. The SMILES string of the molecule is CCOC(=O)c1ccc2c(c1)NC(=O)/C2=C(\Nc1ccc(N(C)C(=O)CCN(C)C)cc1)c1ccc2c(c1)OOC2. The quantitative estimate of drug-likeness (QED) is 0.225. The molecule has 10 nitrogen and oxygen atoms in total. The molecular weight excluding hydrogens is 524 g/mol. The van der Waals surface area contributed by atoms with Crippen LogP contribution in [-0.2, 0) is 25.8 Å². The third kappa shape index (κ3) is 5.93. The molecule has 2 N–H and O–H groups in total. The second-order valence-electron chi connectivity index (χ2n) is 10.0. The fourth-order valence-electron chi connectivity index (χ4n) is 4.65. The summed E-state index contributed by atoms with van der Waals surface area (Å²) in [5.74, 6) is -0.179. The van der Waals surface area contributed by atoms with Crippen LogP contribution < -0.4 is 20.4 Å². The average Bonchev–Trinajstić information content (AvgIpc) is 3.57. The van der Waals surface area contributed by atoms with Gasteiger partial charge in [-0.2, -0.15) is 4.89 Å². The predicted molar refractivity (Wildman–Crippen MR) is 156 cm³/mol. The van der Waals surface area contributed by atoms with E-state index >= 15 is 0 Å². The summed E-state index contributed by atoms with van der Waals surface area (Å²) < 4.78 is 5.12. The minimum absolute atomic E-state index is 0.0176. The van der Waals surface area contributed by atoms with E-state index < -0.39 is 5.97 Å². The van der Waals surface area contributed by atoms with E-state index in [1.807, 2.05) is 61.5 Å². The number of hydrogen-bond donors (Lipinski definition) is 2. The number of nitrogens with one attached hydrogen (secondary N) is 2. The van der Waals surface area contributed by atoms with Crippen LogP contribution in [0.15, 0.2) is 60.7 Å². The van der Waals surface area contributed by atoms with Crippen molar-refractivity contribution in [3.05, 3.63) is 82.9 Å². The molecular formula is C31H32N4O6. The lowest BCUT2D eigenvalue weighted by molar-refractivity contribution is -0.194. The van der Waals surface area contributed by atoms with Gasteiger partial charge in [-0.3, -0.25) is 9.59 Å². The Labute approximate surface area is 238 Å². The van der Waals surface area contributed by atoms with Crippen molar-refractivity contribution in [3.63, 3.8) is 0 Å². The number of fused-ring (bicyclic) bond motifs is 2. The number of esters is 1. The lowest BCUT2D eigenvalue weighted by Crippen LogP contribution is -2.29. The van der Waals surface area contributed by atoms with Crippen molar-refractivity contribution in [2.75, 3.05) is 49.8 Å². The standard InChI is InChI=1S/C31H32N4O6/c1-5-39-31(38)20-8-13-24-25(16-20)33-30(37)28(24)29(19-6-7-21-18-40-41-26(21)17-19)32-22-9-11-23(12-10-22)35(4)27(36)14-15-34(2)3/h6-13,16-17,32H,5,14-15,18H2,1-4H3,(H,33,37)/b29-28-. The van der Waals surface area contributed by atoms with E-state index in [-0.39, 0.29) is 18.4 Å². The summed E-state index contributed by atoms with van der Waals surface area (Å²) in [7, 11) is 5.62. The maximum atomic E-state index is 13.4. The van der Waals surface area contributed by atoms with E-state index in [2.05, 4.69) is 10.6 Å². The number of ether oxygens (including phenoxy) is 1. The maximum Gasteiger partial charge on any atom is 0.338 e. The molecule has 10 heteroatoms. The number of carbonyl (C=O) groups excluding carboxylic acids is 3. The molecule has 0 aromatic heterocycles. The summed E-state index contributed by atoms with van der Waals surface area (Å²) >= 11 is 0. The van der Waals surface area contributed by atoms with Crippen molar-refractivity contribution in [2.45, 2.75) is 20.0 Å². The molecule has 2 heterocycles. The van der Waals surface area contributed by atoms with E-state index in [0.29, 0.717) is 64.7 Å². The van der Waals surface area contributed by atoms with Crippen molar-refractivity contribution in [2.24, 2.45) is 0 Å². The van der Waals surface area contributed by atoms with Gasteiger partial charge in [-0.25, -0.2) is 4.79 Å². The van der Waals surface area contributed by atoms with Crippen LogP contribution >= 0.6 is 0 Å². The van der Waals surface area contributed by atoms with Gasteiger partial charge in [0.2, 0.25) is 5.91 Å². The van der Waals surface area contributed by atoms with E-state index in [0.717, 1.165) is 11.3 Å². The van der Waals surface area contributed by atoms with Crippen molar-refractivity contribution < 1.29 is 28.9 Å². The zero-order chi connectivity index (χ0) is 29.1. The predicted octanol–water partition coefficient (Wildman–Crippen LogP) is 4.53. The van der Waals surface area contributed by atoms with E-state index in [9.17, 15) is 14.4 Å². The van der Waals surface area contributed by atoms with Crippen LogP contribution in [0.1, 0.15) is 40.4 Å². The second-order valence-corrected chi connectivity index (χ2v) is 10.0. The van der Waals surface area contributed by atoms with Crippen LogP contribution in [0.3, 0.4) is 0 Å². The number of anilines is 3. The lowest BCUT2D eigenvalue weighted by atomic mass is 9.98. The minimum Gasteiger partial charge on any atom is -0.462 e. The average molecular weight is 557 g/mol. The van der Waals surface area contributed by atoms with Gasteiger partial charge < -0.3 is 30.1 Å². The van der Waals surface area contributed by atoms with Gasteiger partial charge in [-0.1, -0.05) is 18.2 Å². The van der Waals surface area contributed by atoms with Crippen molar-refractivity contribution in [3.8, 4) is 5.75 Å². The first-order chi connectivity index (χ1) is 19.7. The molecule has 0 bridgehead atoms. The molecule has 3 aromatic rings. The fraction of sp³-hybridized carbons (Fsp3) is 0.258. The van der Waals surface area contributed by atoms with Gasteiger partial charge in [-0.15, -0.1) is 0 Å². The number of amides is 2. The molecule has 0 fully saturated rings. The third-order valence-electron chi connectivity index (χ3n) is 6.92. The smallest absolute Gasteiger partial charge is 0.338 e. The topological polar surface area (TPSA) is 109 Å². The molecule has 5 rings (SSSR count). The highest BCUT2D eigenvalue weighted by molar-refractivity contribution is 6.37. The summed E-state index contributed by atoms with van der Waals surface area (Å²) in [4.78, 5) is 52.3. The maximum absolute atomic E-state index is 13.4. The summed E-state index contributed by atoms with van der Waals surface area (Å²) in [6.45, 7) is 3.01. The van der Waals surface area contributed by atoms with Crippen LogP contribution in [0, 0.1) is 0 Å². The highest BCUT2D eigenvalue weighted by Gasteiger charge is 2.30. The molecule has 0 spiro atoms.